The van der Waals surface area contributed by atoms with Crippen molar-refractivity contribution in [3.05, 3.63) is 278 Å². The number of aliphatic imine (C=N–C) groups is 2. The summed E-state index contributed by atoms with van der Waals surface area (Å²) in [5.74, 6) is 1.37. The molecule has 0 saturated carbocycles. The molecule has 0 spiro atoms. The van der Waals surface area contributed by atoms with Crippen LogP contribution in [-0.4, -0.2) is 20.8 Å². The van der Waals surface area contributed by atoms with E-state index in [0.29, 0.717) is 5.84 Å². The minimum absolute atomic E-state index is 0.518. The molecule has 352 valence electrons. The van der Waals surface area contributed by atoms with E-state index in [1.54, 1.807) is 0 Å². The number of hydrogen-bond acceptors (Lipinski definition) is 4. The van der Waals surface area contributed by atoms with E-state index in [-0.39, 0.29) is 0 Å². The molecule has 0 saturated heterocycles. The summed E-state index contributed by atoms with van der Waals surface area (Å²) in [6.45, 7) is 0. The lowest BCUT2D eigenvalue weighted by Gasteiger charge is -2.26. The molecule has 0 aliphatic carbocycles. The first-order valence-corrected chi connectivity index (χ1v) is 25.5. The average Bonchev–Trinajstić information content (AvgIpc) is 4.21. The van der Waals surface area contributed by atoms with Crippen LogP contribution < -0.4 is 5.32 Å². The molecule has 0 bridgehead atoms. The summed E-state index contributed by atoms with van der Waals surface area (Å²) in [6, 6.07) is 93.0. The van der Waals surface area contributed by atoms with Crippen molar-refractivity contribution in [2.24, 2.45) is 9.98 Å². The summed E-state index contributed by atoms with van der Waals surface area (Å²) >= 11 is 0. The molecule has 0 fully saturated rings. The Labute approximate surface area is 432 Å². The number of rotatable bonds is 8. The van der Waals surface area contributed by atoms with E-state index in [1.807, 2.05) is 24.3 Å². The molecule has 11 aromatic carbocycles. The van der Waals surface area contributed by atoms with Crippen LogP contribution in [0.4, 0.5) is 0 Å². The molecule has 1 unspecified atom stereocenters. The van der Waals surface area contributed by atoms with Gasteiger partial charge >= 0.3 is 0 Å². The van der Waals surface area contributed by atoms with E-state index in [4.69, 9.17) is 14.4 Å². The van der Waals surface area contributed by atoms with Crippen LogP contribution in [0.5, 0.6) is 0 Å². The largest absolute Gasteiger partial charge is 0.456 e. The molecule has 0 amide bonds. The zero-order chi connectivity index (χ0) is 49.4. The van der Waals surface area contributed by atoms with Gasteiger partial charge in [-0.1, -0.05) is 200 Å². The minimum atomic E-state index is -0.518. The summed E-state index contributed by atoms with van der Waals surface area (Å²) < 4.78 is 11.3. The van der Waals surface area contributed by atoms with Gasteiger partial charge in [0.25, 0.3) is 0 Å². The van der Waals surface area contributed by atoms with Gasteiger partial charge in [-0.3, -0.25) is 0 Å². The van der Waals surface area contributed by atoms with Crippen LogP contribution in [0.15, 0.2) is 275 Å². The summed E-state index contributed by atoms with van der Waals surface area (Å²) in [6.07, 6.45) is -0.518. The average molecular weight is 960 g/mol. The Morgan fingerprint density at radius 3 is 1.68 bits per heavy atom. The van der Waals surface area contributed by atoms with Crippen molar-refractivity contribution in [2.75, 3.05) is 0 Å². The molecule has 6 nitrogen and oxygen atoms in total. The first-order chi connectivity index (χ1) is 37.2. The molecule has 14 aromatic rings. The fourth-order valence-electron chi connectivity index (χ4n) is 11.7. The van der Waals surface area contributed by atoms with Gasteiger partial charge in [0.05, 0.1) is 27.8 Å². The van der Waals surface area contributed by atoms with Crippen LogP contribution in [-0.2, 0) is 0 Å². The number of hydrogen-bond donors (Lipinski definition) is 1. The first-order valence-electron chi connectivity index (χ1n) is 25.5. The number of nitrogens with one attached hydrogen (secondary N) is 1. The maximum Gasteiger partial charge on any atom is 0.159 e. The Hall–Kier alpha value is -10.0. The van der Waals surface area contributed by atoms with Crippen molar-refractivity contribution in [3.63, 3.8) is 0 Å². The summed E-state index contributed by atoms with van der Waals surface area (Å²) in [4.78, 5) is 11.0. The van der Waals surface area contributed by atoms with Crippen LogP contribution >= 0.6 is 0 Å². The van der Waals surface area contributed by atoms with Crippen molar-refractivity contribution < 1.29 is 4.42 Å². The number of nitrogens with zero attached hydrogens (tertiary/aromatic N) is 4. The molecule has 1 aliphatic rings. The molecule has 1 atom stereocenters. The molecular formula is C69H45N5O. The van der Waals surface area contributed by atoms with Crippen molar-refractivity contribution in [1.29, 1.82) is 0 Å². The monoisotopic (exact) mass is 959 g/mol. The molecule has 1 N–H and O–H groups in total. The standard InChI is InChI=1S/C69H45N5O/c1-4-20-44(21-5-1)46-24-16-25-48(42-46)67-70-68(72-69(71-67)56-33-19-39-63-66(56)55-30-12-15-38-62(55)75-63)54-29-11-14-35-58(54)74-57-34-13-10-28-52(57)64-50(32-18-37-60(64)74)51-31-17-36-59-65(51)53-41-40-47(45-22-6-2-7-23-45)43-61(53)73(59)49-26-8-3-9-27-49/h1-43,68H,(H,70,71,72). The first kappa shape index (κ1) is 42.6. The summed E-state index contributed by atoms with van der Waals surface area (Å²) in [5, 5.41) is 10.7. The lowest BCUT2D eigenvalue weighted by molar-refractivity contribution is 0.667. The predicted molar refractivity (Wildman–Crippen MR) is 311 cm³/mol. The lowest BCUT2D eigenvalue weighted by atomic mass is 9.95. The van der Waals surface area contributed by atoms with Crippen LogP contribution in [0.1, 0.15) is 22.9 Å². The number of fused-ring (bicyclic) bond motifs is 9. The number of aromatic nitrogens is 2. The molecule has 6 heteroatoms. The van der Waals surface area contributed by atoms with Gasteiger partial charge in [0.2, 0.25) is 0 Å². The lowest BCUT2D eigenvalue weighted by Crippen LogP contribution is -2.34. The highest BCUT2D eigenvalue weighted by Crippen LogP contribution is 2.45. The van der Waals surface area contributed by atoms with E-state index >= 15 is 0 Å². The molecule has 1 aliphatic heterocycles. The SMILES string of the molecule is c1ccc(-c2cccc(C3=NC(c4ccccc4-n4c5ccccc5c5c(-c6cccc7c6c6ccc(-c8ccccc8)cc6n7-c6ccccc6)cccc54)NC(c4cccc5oc6ccccc6c45)=N3)c2)cc1. The van der Waals surface area contributed by atoms with Gasteiger partial charge in [0, 0.05) is 54.7 Å². The predicted octanol–water partition coefficient (Wildman–Crippen LogP) is 17.3. The third-order valence-corrected chi connectivity index (χ3v) is 15.0. The highest BCUT2D eigenvalue weighted by molar-refractivity contribution is 6.24. The van der Waals surface area contributed by atoms with Gasteiger partial charge < -0.3 is 18.9 Å². The summed E-state index contributed by atoms with van der Waals surface area (Å²) in [7, 11) is 0. The Bertz CT molecular complexity index is 4620. The van der Waals surface area contributed by atoms with E-state index in [2.05, 4.69) is 251 Å². The van der Waals surface area contributed by atoms with Gasteiger partial charge in [-0.25, -0.2) is 9.98 Å². The maximum absolute atomic E-state index is 6.43. The van der Waals surface area contributed by atoms with Crippen LogP contribution in [0.3, 0.4) is 0 Å². The second kappa shape index (κ2) is 17.3. The molecule has 4 heterocycles. The Morgan fingerprint density at radius 2 is 0.907 bits per heavy atom. The van der Waals surface area contributed by atoms with Gasteiger partial charge in [-0.2, -0.15) is 0 Å². The van der Waals surface area contributed by atoms with Crippen LogP contribution in [0.2, 0.25) is 0 Å². The number of furan rings is 1. The highest BCUT2D eigenvalue weighted by Gasteiger charge is 2.28. The third-order valence-electron chi connectivity index (χ3n) is 15.0. The van der Waals surface area contributed by atoms with Crippen LogP contribution in [0, 0.1) is 0 Å². The fourth-order valence-corrected chi connectivity index (χ4v) is 11.7. The summed E-state index contributed by atoms with van der Waals surface area (Å²) in [5.41, 5.74) is 18.2. The normalized spacial score (nSPS) is 13.7. The third kappa shape index (κ3) is 6.95. The quantitative estimate of drug-likeness (QED) is 0.165. The van der Waals surface area contributed by atoms with E-state index in [9.17, 15) is 0 Å². The van der Waals surface area contributed by atoms with Gasteiger partial charge in [0.1, 0.15) is 23.2 Å². The second-order valence-electron chi connectivity index (χ2n) is 19.3. The van der Waals surface area contributed by atoms with Gasteiger partial charge in [-0.15, -0.1) is 0 Å². The molecule has 3 aromatic heterocycles. The molecule has 15 rings (SSSR count). The number of para-hydroxylation sites is 4. The number of benzene rings is 11. The second-order valence-corrected chi connectivity index (χ2v) is 19.3. The fraction of sp³-hybridized carbons (Fsp3) is 0.0145. The van der Waals surface area contributed by atoms with Gasteiger partial charge in [-0.05, 0) is 94.0 Å². The zero-order valence-electron chi connectivity index (χ0n) is 40.6. The smallest absolute Gasteiger partial charge is 0.159 e. The molecule has 0 radical (unpaired) electrons. The minimum Gasteiger partial charge on any atom is -0.456 e. The van der Waals surface area contributed by atoms with Crippen molar-refractivity contribution >= 4 is 77.2 Å². The Morgan fingerprint density at radius 1 is 0.360 bits per heavy atom. The topological polar surface area (TPSA) is 59.8 Å². The Balaban J connectivity index is 0.934. The van der Waals surface area contributed by atoms with Crippen molar-refractivity contribution in [2.45, 2.75) is 6.17 Å². The van der Waals surface area contributed by atoms with Crippen molar-refractivity contribution in [3.8, 4) is 44.8 Å². The molecular weight excluding hydrogens is 915 g/mol. The zero-order valence-corrected chi connectivity index (χ0v) is 40.6. The van der Waals surface area contributed by atoms with E-state index in [1.165, 1.54) is 49.3 Å². The van der Waals surface area contributed by atoms with E-state index < -0.39 is 6.17 Å². The van der Waals surface area contributed by atoms with Gasteiger partial charge in [0.15, 0.2) is 5.84 Å². The van der Waals surface area contributed by atoms with E-state index in [0.717, 1.165) is 83.5 Å². The molecule has 75 heavy (non-hydrogen) atoms. The Kier molecular flexibility index (Phi) is 9.85. The highest BCUT2D eigenvalue weighted by atomic mass is 16.3. The maximum atomic E-state index is 6.43. The number of amidine groups is 2. The van der Waals surface area contributed by atoms with Crippen molar-refractivity contribution in [1.82, 2.24) is 14.5 Å². The van der Waals surface area contributed by atoms with Crippen LogP contribution in [0.25, 0.3) is 110 Å².